The molecule has 94 valence electrons. The number of methoxy groups -OCH3 is 1. The van der Waals surface area contributed by atoms with Crippen molar-refractivity contribution in [3.8, 4) is 5.75 Å². The van der Waals surface area contributed by atoms with E-state index in [0.717, 1.165) is 11.3 Å². The van der Waals surface area contributed by atoms with Crippen molar-refractivity contribution in [2.45, 2.75) is 39.2 Å². The van der Waals surface area contributed by atoms with Crippen LogP contribution in [0.1, 0.15) is 42.1 Å². The molecular weight excluding hydrogens is 212 g/mol. The standard InChI is InChI=1S/C14H22N2O/c1-10-9-15-13(11(2)14(10)17-4)12-7-5-6-8-16(12)3/h9,12H,5-8H2,1-4H3. The summed E-state index contributed by atoms with van der Waals surface area (Å²) in [5, 5.41) is 0. The number of aromatic nitrogens is 1. The fraction of sp³-hybridized carbons (Fsp3) is 0.643. The van der Waals surface area contributed by atoms with E-state index < -0.39 is 0 Å². The molecule has 3 heteroatoms. The molecule has 0 N–H and O–H groups in total. The van der Waals surface area contributed by atoms with Gasteiger partial charge in [-0.1, -0.05) is 6.42 Å². The molecule has 0 spiro atoms. The maximum atomic E-state index is 5.48. The summed E-state index contributed by atoms with van der Waals surface area (Å²) < 4.78 is 5.48. The van der Waals surface area contributed by atoms with Gasteiger partial charge in [-0.2, -0.15) is 0 Å². The van der Waals surface area contributed by atoms with Gasteiger partial charge in [0.25, 0.3) is 0 Å². The van der Waals surface area contributed by atoms with Crippen molar-refractivity contribution in [1.29, 1.82) is 0 Å². The van der Waals surface area contributed by atoms with Gasteiger partial charge in [0, 0.05) is 17.3 Å². The van der Waals surface area contributed by atoms with Crippen LogP contribution in [0.5, 0.6) is 5.75 Å². The fourth-order valence-corrected chi connectivity index (χ4v) is 2.80. The molecule has 3 nitrogen and oxygen atoms in total. The number of nitrogens with zero attached hydrogens (tertiary/aromatic N) is 2. The topological polar surface area (TPSA) is 25.4 Å². The molecule has 1 fully saturated rings. The predicted octanol–water partition coefficient (Wildman–Crippen LogP) is 2.86. The van der Waals surface area contributed by atoms with Crippen LogP contribution < -0.4 is 4.74 Å². The average molecular weight is 234 g/mol. The monoisotopic (exact) mass is 234 g/mol. The molecule has 1 unspecified atom stereocenters. The Bertz CT molecular complexity index is 403. The third-order valence-corrected chi connectivity index (χ3v) is 3.77. The molecule has 0 aromatic carbocycles. The summed E-state index contributed by atoms with van der Waals surface area (Å²) >= 11 is 0. The Morgan fingerprint density at radius 2 is 2.12 bits per heavy atom. The molecule has 0 bridgehead atoms. The second kappa shape index (κ2) is 5.05. The molecule has 2 rings (SSSR count). The zero-order valence-corrected chi connectivity index (χ0v) is 11.3. The lowest BCUT2D eigenvalue weighted by Crippen LogP contribution is -2.30. The molecule has 2 heterocycles. The van der Waals surface area contributed by atoms with Crippen LogP contribution in [0.2, 0.25) is 0 Å². The SMILES string of the molecule is COc1c(C)cnc(C2CCCCN2C)c1C. The first-order chi connectivity index (χ1) is 8.15. The minimum absolute atomic E-state index is 0.457. The summed E-state index contributed by atoms with van der Waals surface area (Å²) in [6.07, 6.45) is 5.74. The third-order valence-electron chi connectivity index (χ3n) is 3.77. The van der Waals surface area contributed by atoms with E-state index in [0.29, 0.717) is 6.04 Å². The normalized spacial score (nSPS) is 21.5. The number of hydrogen-bond donors (Lipinski definition) is 0. The highest BCUT2D eigenvalue weighted by molar-refractivity contribution is 5.42. The van der Waals surface area contributed by atoms with Crippen molar-refractivity contribution in [3.63, 3.8) is 0 Å². The fourth-order valence-electron chi connectivity index (χ4n) is 2.80. The van der Waals surface area contributed by atoms with E-state index >= 15 is 0 Å². The first-order valence-corrected chi connectivity index (χ1v) is 6.35. The van der Waals surface area contributed by atoms with E-state index in [4.69, 9.17) is 4.74 Å². The number of aryl methyl sites for hydroxylation is 1. The number of hydrogen-bond acceptors (Lipinski definition) is 3. The summed E-state index contributed by atoms with van der Waals surface area (Å²) in [6.45, 7) is 5.34. The lowest BCUT2D eigenvalue weighted by Gasteiger charge is -2.33. The van der Waals surface area contributed by atoms with E-state index in [-0.39, 0.29) is 0 Å². The van der Waals surface area contributed by atoms with Crippen molar-refractivity contribution < 1.29 is 4.74 Å². The van der Waals surface area contributed by atoms with Gasteiger partial charge >= 0.3 is 0 Å². The van der Waals surface area contributed by atoms with Gasteiger partial charge < -0.3 is 4.74 Å². The number of likely N-dealkylation sites (tertiary alicyclic amines) is 1. The molecule has 1 aromatic rings. The van der Waals surface area contributed by atoms with Crippen LogP contribution in [0.15, 0.2) is 6.20 Å². The molecule has 1 aliphatic rings. The van der Waals surface area contributed by atoms with Crippen molar-refractivity contribution in [2.75, 3.05) is 20.7 Å². The van der Waals surface area contributed by atoms with Gasteiger partial charge in [0.05, 0.1) is 18.8 Å². The van der Waals surface area contributed by atoms with Crippen molar-refractivity contribution in [2.24, 2.45) is 0 Å². The van der Waals surface area contributed by atoms with Crippen LogP contribution in [0.4, 0.5) is 0 Å². The Morgan fingerprint density at radius 3 is 2.76 bits per heavy atom. The zero-order chi connectivity index (χ0) is 12.4. The average Bonchev–Trinajstić information content (AvgIpc) is 2.31. The minimum atomic E-state index is 0.457. The molecule has 1 atom stereocenters. The van der Waals surface area contributed by atoms with E-state index in [1.807, 2.05) is 13.1 Å². The van der Waals surface area contributed by atoms with E-state index in [9.17, 15) is 0 Å². The van der Waals surface area contributed by atoms with Gasteiger partial charge in [-0.25, -0.2) is 0 Å². The van der Waals surface area contributed by atoms with Gasteiger partial charge in [0.2, 0.25) is 0 Å². The van der Waals surface area contributed by atoms with E-state index in [1.165, 1.54) is 37.1 Å². The minimum Gasteiger partial charge on any atom is -0.496 e. The van der Waals surface area contributed by atoms with E-state index in [1.54, 1.807) is 7.11 Å². The summed E-state index contributed by atoms with van der Waals surface area (Å²) in [5.74, 6) is 0.994. The maximum Gasteiger partial charge on any atom is 0.128 e. The Labute approximate surface area is 104 Å². The number of ether oxygens (including phenoxy) is 1. The van der Waals surface area contributed by atoms with E-state index in [2.05, 4.69) is 23.9 Å². The lowest BCUT2D eigenvalue weighted by atomic mass is 9.96. The summed E-state index contributed by atoms with van der Waals surface area (Å²) in [4.78, 5) is 7.05. The number of rotatable bonds is 2. The quantitative estimate of drug-likeness (QED) is 0.786. The molecule has 0 saturated carbocycles. The van der Waals surface area contributed by atoms with Crippen molar-refractivity contribution in [3.05, 3.63) is 23.0 Å². The van der Waals surface area contributed by atoms with Crippen LogP contribution in [-0.2, 0) is 0 Å². The van der Waals surface area contributed by atoms with Gasteiger partial charge in [-0.15, -0.1) is 0 Å². The zero-order valence-electron chi connectivity index (χ0n) is 11.3. The Hall–Kier alpha value is -1.09. The van der Waals surface area contributed by atoms with Crippen molar-refractivity contribution >= 4 is 0 Å². The van der Waals surface area contributed by atoms with Gasteiger partial charge in [-0.05, 0) is 40.3 Å². The second-order valence-electron chi connectivity index (χ2n) is 4.98. The third kappa shape index (κ3) is 2.29. The summed E-state index contributed by atoms with van der Waals surface area (Å²) in [5.41, 5.74) is 3.51. The molecule has 17 heavy (non-hydrogen) atoms. The van der Waals surface area contributed by atoms with Crippen LogP contribution in [0, 0.1) is 13.8 Å². The number of pyridine rings is 1. The maximum absolute atomic E-state index is 5.48. The molecule has 1 saturated heterocycles. The summed E-state index contributed by atoms with van der Waals surface area (Å²) in [7, 11) is 3.93. The molecule has 1 aromatic heterocycles. The molecule has 0 radical (unpaired) electrons. The highest BCUT2D eigenvalue weighted by atomic mass is 16.5. The molecular formula is C14H22N2O. The highest BCUT2D eigenvalue weighted by Crippen LogP contribution is 2.34. The van der Waals surface area contributed by atoms with Gasteiger partial charge in [0.15, 0.2) is 0 Å². The predicted molar refractivity (Wildman–Crippen MR) is 69.5 cm³/mol. The first kappa shape index (κ1) is 12.4. The van der Waals surface area contributed by atoms with Gasteiger partial charge in [0.1, 0.15) is 5.75 Å². The lowest BCUT2D eigenvalue weighted by molar-refractivity contribution is 0.182. The first-order valence-electron chi connectivity index (χ1n) is 6.35. The molecule has 0 aliphatic carbocycles. The Kier molecular flexibility index (Phi) is 3.67. The number of piperidine rings is 1. The van der Waals surface area contributed by atoms with Crippen LogP contribution in [0.25, 0.3) is 0 Å². The van der Waals surface area contributed by atoms with Crippen LogP contribution >= 0.6 is 0 Å². The molecule has 0 amide bonds. The van der Waals surface area contributed by atoms with Gasteiger partial charge in [-0.3, -0.25) is 9.88 Å². The Morgan fingerprint density at radius 1 is 1.35 bits per heavy atom. The highest BCUT2D eigenvalue weighted by Gasteiger charge is 2.24. The summed E-state index contributed by atoms with van der Waals surface area (Å²) in [6, 6.07) is 0.457. The van der Waals surface area contributed by atoms with Crippen LogP contribution in [0.3, 0.4) is 0 Å². The molecule has 1 aliphatic heterocycles. The van der Waals surface area contributed by atoms with Crippen molar-refractivity contribution in [1.82, 2.24) is 9.88 Å². The second-order valence-corrected chi connectivity index (χ2v) is 4.98. The van der Waals surface area contributed by atoms with Crippen LogP contribution in [-0.4, -0.2) is 30.6 Å². The largest absolute Gasteiger partial charge is 0.496 e. The smallest absolute Gasteiger partial charge is 0.128 e. The Balaban J connectivity index is 2.38.